The molecule has 0 spiro atoms. The Bertz CT molecular complexity index is 393. The molecule has 20 heavy (non-hydrogen) atoms. The van der Waals surface area contributed by atoms with E-state index in [-0.39, 0.29) is 0 Å². The van der Waals surface area contributed by atoms with E-state index in [0.717, 1.165) is 0 Å². The zero-order valence-electron chi connectivity index (χ0n) is 13.8. The molecule has 0 rings (SSSR count). The molecule has 116 valence electrons. The second kappa shape index (κ2) is 6.82. The Morgan fingerprint density at radius 3 is 1.95 bits per heavy atom. The first-order chi connectivity index (χ1) is 8.79. The maximum absolute atomic E-state index is 11.9. The molecule has 0 bridgehead atoms. The van der Waals surface area contributed by atoms with Gasteiger partial charge in [0.1, 0.15) is 0 Å². The summed E-state index contributed by atoms with van der Waals surface area (Å²) in [5.74, 6) is -0.518. The molecule has 0 aliphatic carbocycles. The van der Waals surface area contributed by atoms with E-state index >= 15 is 0 Å². The Labute approximate surface area is 126 Å². The van der Waals surface area contributed by atoms with Crippen molar-refractivity contribution in [1.29, 1.82) is 0 Å². The van der Waals surface area contributed by atoms with Gasteiger partial charge in [-0.25, -0.2) is 0 Å². The molecule has 5 nitrogen and oxygen atoms in total. The van der Waals surface area contributed by atoms with Crippen molar-refractivity contribution in [3.05, 3.63) is 10.2 Å². The molecule has 0 aromatic carbocycles. The topological polar surface area (TPSA) is 64.6 Å². The van der Waals surface area contributed by atoms with Crippen LogP contribution in [0, 0.1) is 0 Å². The Balaban J connectivity index is 5.12. The zero-order valence-corrected chi connectivity index (χ0v) is 16.6. The number of hydrogen-bond donors (Lipinski definition) is 1. The third kappa shape index (κ3) is 7.77. The summed E-state index contributed by atoms with van der Waals surface area (Å²) in [5, 5.41) is 2.58. The molecule has 1 atom stereocenters. The summed E-state index contributed by atoms with van der Waals surface area (Å²) in [6.07, 6.45) is 1.08. The van der Waals surface area contributed by atoms with Crippen LogP contribution < -0.4 is 5.32 Å². The van der Waals surface area contributed by atoms with Gasteiger partial charge in [0.15, 0.2) is 0 Å². The summed E-state index contributed by atoms with van der Waals surface area (Å²) in [4.78, 5) is 30.4. The summed E-state index contributed by atoms with van der Waals surface area (Å²) >= 11 is -2.21. The molecule has 0 aliphatic rings. The van der Waals surface area contributed by atoms with E-state index in [2.05, 4.69) is 24.2 Å². The number of methoxy groups -OCH3 is 1. The van der Waals surface area contributed by atoms with Crippen molar-refractivity contribution >= 4 is 30.4 Å². The van der Waals surface area contributed by atoms with Gasteiger partial charge in [-0.05, 0) is 0 Å². The van der Waals surface area contributed by atoms with Crippen LogP contribution in [0.4, 0.5) is 4.79 Å². The van der Waals surface area contributed by atoms with Crippen LogP contribution in [0.3, 0.4) is 0 Å². The summed E-state index contributed by atoms with van der Waals surface area (Å²) in [6, 6.07) is 0. The number of ether oxygens (including phenoxy) is 2. The van der Waals surface area contributed by atoms with Crippen LogP contribution in [0.25, 0.3) is 0 Å². The average Bonchev–Trinajstić information content (AvgIpc) is 2.21. The fourth-order valence-electron chi connectivity index (χ4n) is 1.31. The normalized spacial score (nSPS) is 15.6. The molecule has 0 aliphatic heterocycles. The number of amides is 1. The molecule has 0 aromatic heterocycles. The van der Waals surface area contributed by atoms with Crippen molar-refractivity contribution in [3.8, 4) is 0 Å². The van der Waals surface area contributed by atoms with Gasteiger partial charge in [-0.2, -0.15) is 0 Å². The van der Waals surface area contributed by atoms with E-state index < -0.39 is 41.6 Å². The van der Waals surface area contributed by atoms with Crippen molar-refractivity contribution in [2.24, 2.45) is 0 Å². The summed E-state index contributed by atoms with van der Waals surface area (Å²) in [5.41, 5.74) is -1.82. The molecule has 0 unspecified atom stereocenters. The third-order valence-corrected chi connectivity index (χ3v) is 5.62. The number of esters is 1. The van der Waals surface area contributed by atoms with Crippen molar-refractivity contribution in [1.82, 2.24) is 5.32 Å². The van der Waals surface area contributed by atoms with E-state index in [1.807, 2.05) is 0 Å². The minimum atomic E-state index is -2.21. The summed E-state index contributed by atoms with van der Waals surface area (Å²) in [7, 11) is 1.30. The van der Waals surface area contributed by atoms with E-state index in [1.54, 1.807) is 33.8 Å². The molecule has 0 radical (unpaired) electrons. The second-order valence-electron chi connectivity index (χ2n) is 7.02. The van der Waals surface area contributed by atoms with Gasteiger partial charge in [0, 0.05) is 0 Å². The van der Waals surface area contributed by atoms with Gasteiger partial charge < -0.3 is 0 Å². The number of carbonyl (C=O) groups is 2. The predicted octanol–water partition coefficient (Wildman–Crippen LogP) is 2.88. The van der Waals surface area contributed by atoms with Gasteiger partial charge in [-0.15, -0.1) is 0 Å². The van der Waals surface area contributed by atoms with Gasteiger partial charge in [-0.3, -0.25) is 0 Å². The Morgan fingerprint density at radius 1 is 1.10 bits per heavy atom. The van der Waals surface area contributed by atoms with Crippen molar-refractivity contribution in [3.63, 3.8) is 0 Å². The molecule has 0 heterocycles. The standard InChI is InChI=1S/C11H18NO4.3CH3.Sn/c1-7-11(5,8(13)15-6)12-9(14)16-10(2,3)4;;;;/h1,7H,2-6H3,(H,12,14);3*1H3;/t11-;;;;/m1..../s1. The van der Waals surface area contributed by atoms with E-state index in [1.165, 1.54) is 7.11 Å². The van der Waals surface area contributed by atoms with Crippen molar-refractivity contribution in [2.45, 2.75) is 53.7 Å². The van der Waals surface area contributed by atoms with Gasteiger partial charge in [0.2, 0.25) is 0 Å². The number of rotatable bonds is 4. The minimum absolute atomic E-state index is 0.518. The van der Waals surface area contributed by atoms with Gasteiger partial charge in [-0.1, -0.05) is 0 Å². The van der Waals surface area contributed by atoms with Crippen LogP contribution in [0.15, 0.2) is 10.2 Å². The van der Waals surface area contributed by atoms with Crippen LogP contribution in [-0.2, 0) is 14.3 Å². The Kier molecular flexibility index (Phi) is 6.58. The fourth-order valence-corrected chi connectivity index (χ4v) is 3.68. The van der Waals surface area contributed by atoms with Crippen molar-refractivity contribution in [2.75, 3.05) is 7.11 Å². The van der Waals surface area contributed by atoms with Gasteiger partial charge in [0.05, 0.1) is 0 Å². The van der Waals surface area contributed by atoms with Crippen LogP contribution in [0.2, 0.25) is 14.8 Å². The second-order valence-corrected chi connectivity index (χ2v) is 21.5. The molecular formula is C14H27NO4Sn. The van der Waals surface area contributed by atoms with E-state index in [4.69, 9.17) is 9.47 Å². The molecule has 0 saturated carbocycles. The molecule has 0 aromatic rings. The Morgan fingerprint density at radius 2 is 1.60 bits per heavy atom. The first-order valence-corrected chi connectivity index (χ1v) is 16.8. The summed E-state index contributed by atoms with van der Waals surface area (Å²) < 4.78 is 12.0. The number of carbonyl (C=O) groups excluding carboxylic acids is 2. The molecule has 0 saturated heterocycles. The Hall–Kier alpha value is -0.721. The maximum atomic E-state index is 11.9. The average molecular weight is 392 g/mol. The number of nitrogens with one attached hydrogen (secondary N) is 1. The monoisotopic (exact) mass is 393 g/mol. The molecular weight excluding hydrogens is 365 g/mol. The van der Waals surface area contributed by atoms with Crippen molar-refractivity contribution < 1.29 is 19.1 Å². The molecule has 0 fully saturated rings. The van der Waals surface area contributed by atoms with Gasteiger partial charge >= 0.3 is 126 Å². The fraction of sp³-hybridized carbons (Fsp3) is 0.714. The van der Waals surface area contributed by atoms with Crippen LogP contribution >= 0.6 is 0 Å². The number of alkyl carbamates (subject to hydrolysis) is 1. The molecule has 1 amide bonds. The quantitative estimate of drug-likeness (QED) is 0.591. The van der Waals surface area contributed by atoms with Crippen LogP contribution in [0.5, 0.6) is 0 Å². The first-order valence-electron chi connectivity index (χ1n) is 6.59. The number of hydrogen-bond acceptors (Lipinski definition) is 4. The van der Waals surface area contributed by atoms with Crippen LogP contribution in [-0.4, -0.2) is 48.7 Å². The first kappa shape index (κ1) is 19.3. The third-order valence-electron chi connectivity index (χ3n) is 2.29. The van der Waals surface area contributed by atoms with Gasteiger partial charge in [0.25, 0.3) is 0 Å². The zero-order chi connectivity index (χ0) is 16.2. The predicted molar refractivity (Wildman–Crippen MR) is 82.3 cm³/mol. The molecule has 6 heteroatoms. The van der Waals surface area contributed by atoms with E-state index in [0.29, 0.717) is 0 Å². The SMILES string of the molecule is COC(=O)[C@@](C)(/C=[CH]/[Sn]([CH3])([CH3])[CH3])NC(=O)OC(C)(C)C. The molecule has 1 N–H and O–H groups in total. The van der Waals surface area contributed by atoms with Crippen LogP contribution in [0.1, 0.15) is 27.7 Å². The van der Waals surface area contributed by atoms with E-state index in [9.17, 15) is 9.59 Å². The summed E-state index contributed by atoms with van der Waals surface area (Å²) in [6.45, 7) is 6.91.